The normalized spacial score (nSPS) is 12.3. The molecule has 0 aliphatic rings. The first-order valence-corrected chi connectivity index (χ1v) is 7.49. The van der Waals surface area contributed by atoms with Gasteiger partial charge in [0.25, 0.3) is 5.91 Å². The number of ether oxygens (including phenoxy) is 1. The molecule has 0 fully saturated rings. The van der Waals surface area contributed by atoms with Gasteiger partial charge in [0.1, 0.15) is 5.52 Å². The van der Waals surface area contributed by atoms with Crippen LogP contribution in [-0.2, 0) is 16.0 Å². The van der Waals surface area contributed by atoms with Crippen molar-refractivity contribution in [3.05, 3.63) is 60.0 Å². The lowest BCUT2D eigenvalue weighted by atomic mass is 10.1. The highest BCUT2D eigenvalue weighted by Crippen LogP contribution is 2.23. The number of carbonyl (C=O) groups is 1. The van der Waals surface area contributed by atoms with Gasteiger partial charge in [0, 0.05) is 19.2 Å². The minimum absolute atomic E-state index is 0.225. The van der Waals surface area contributed by atoms with Crippen molar-refractivity contribution >= 4 is 22.7 Å². The first-order chi connectivity index (χ1) is 11.2. The Morgan fingerprint density at radius 3 is 2.74 bits per heavy atom. The van der Waals surface area contributed by atoms with Gasteiger partial charge in [0.05, 0.1) is 0 Å². The van der Waals surface area contributed by atoms with Crippen LogP contribution in [0.2, 0.25) is 0 Å². The van der Waals surface area contributed by atoms with Crippen LogP contribution in [0.1, 0.15) is 24.5 Å². The van der Waals surface area contributed by atoms with E-state index in [4.69, 9.17) is 9.15 Å². The van der Waals surface area contributed by atoms with Crippen molar-refractivity contribution in [3.8, 4) is 0 Å². The predicted octanol–water partition coefficient (Wildman–Crippen LogP) is 3.72. The molecule has 1 heterocycles. The van der Waals surface area contributed by atoms with E-state index in [1.807, 2.05) is 37.3 Å². The molecular formula is C18H18N2O3. The van der Waals surface area contributed by atoms with Gasteiger partial charge in [0.15, 0.2) is 17.6 Å². The van der Waals surface area contributed by atoms with E-state index in [1.54, 1.807) is 18.2 Å². The molecular weight excluding hydrogens is 292 g/mol. The minimum Gasteiger partial charge on any atom is -0.441 e. The maximum Gasteiger partial charge on any atom is 0.258 e. The third-order valence-electron chi connectivity index (χ3n) is 3.58. The lowest BCUT2D eigenvalue weighted by molar-refractivity contribution is -0.126. The van der Waals surface area contributed by atoms with Crippen LogP contribution in [0.5, 0.6) is 0 Å². The van der Waals surface area contributed by atoms with Crippen molar-refractivity contribution in [1.82, 2.24) is 4.98 Å². The summed E-state index contributed by atoms with van der Waals surface area (Å²) in [5.74, 6) is 0.458. The molecule has 2 aromatic carbocycles. The Bertz CT molecular complexity index is 812. The van der Waals surface area contributed by atoms with Gasteiger partial charge in [-0.3, -0.25) is 4.79 Å². The highest BCUT2D eigenvalue weighted by molar-refractivity contribution is 5.96. The van der Waals surface area contributed by atoms with Gasteiger partial charge in [-0.1, -0.05) is 37.3 Å². The Morgan fingerprint density at radius 2 is 2.04 bits per heavy atom. The molecule has 118 valence electrons. The number of aryl methyl sites for hydroxylation is 1. The summed E-state index contributed by atoms with van der Waals surface area (Å²) in [6.45, 7) is 1.98. The Morgan fingerprint density at radius 1 is 1.26 bits per heavy atom. The van der Waals surface area contributed by atoms with E-state index in [0.717, 1.165) is 17.5 Å². The zero-order valence-corrected chi connectivity index (χ0v) is 13.1. The molecule has 0 spiro atoms. The second-order valence-electron chi connectivity index (χ2n) is 5.16. The van der Waals surface area contributed by atoms with Gasteiger partial charge < -0.3 is 14.5 Å². The molecule has 0 bridgehead atoms. The van der Waals surface area contributed by atoms with Crippen molar-refractivity contribution < 1.29 is 13.9 Å². The molecule has 0 radical (unpaired) electrons. The number of anilines is 1. The number of methoxy groups -OCH3 is 1. The fraction of sp³-hybridized carbons (Fsp3) is 0.222. The van der Waals surface area contributed by atoms with Crippen LogP contribution in [-0.4, -0.2) is 18.0 Å². The lowest BCUT2D eigenvalue weighted by Gasteiger charge is -2.15. The number of nitrogens with one attached hydrogen (secondary N) is 1. The lowest BCUT2D eigenvalue weighted by Crippen LogP contribution is -2.22. The van der Waals surface area contributed by atoms with E-state index in [2.05, 4.69) is 10.3 Å². The molecule has 0 aliphatic carbocycles. The number of hydrogen-bond acceptors (Lipinski definition) is 4. The van der Waals surface area contributed by atoms with Gasteiger partial charge in [-0.25, -0.2) is 4.98 Å². The maximum atomic E-state index is 12.5. The summed E-state index contributed by atoms with van der Waals surface area (Å²) in [7, 11) is 1.52. The first kappa shape index (κ1) is 15.2. The summed E-state index contributed by atoms with van der Waals surface area (Å²) < 4.78 is 10.9. The third kappa shape index (κ3) is 3.24. The molecule has 23 heavy (non-hydrogen) atoms. The van der Waals surface area contributed by atoms with Crippen molar-refractivity contribution in [3.63, 3.8) is 0 Å². The van der Waals surface area contributed by atoms with Gasteiger partial charge in [-0.15, -0.1) is 0 Å². The van der Waals surface area contributed by atoms with Crippen LogP contribution in [0.25, 0.3) is 11.1 Å². The standard InChI is InChI=1S/C18H18N2O3/c1-3-16-20-14-11-13(9-10-15(14)23-16)19-18(21)17(22-2)12-7-5-4-6-8-12/h4-11,17H,3H2,1-2H3,(H,19,21)/t17-/m0/s1. The number of benzene rings is 2. The molecule has 5 nitrogen and oxygen atoms in total. The second-order valence-corrected chi connectivity index (χ2v) is 5.16. The molecule has 0 aliphatic heterocycles. The highest BCUT2D eigenvalue weighted by Gasteiger charge is 2.20. The number of nitrogens with zero attached hydrogens (tertiary/aromatic N) is 1. The molecule has 3 rings (SSSR count). The van der Waals surface area contributed by atoms with Gasteiger partial charge in [-0.05, 0) is 23.8 Å². The number of aromatic nitrogens is 1. The topological polar surface area (TPSA) is 64.4 Å². The smallest absolute Gasteiger partial charge is 0.258 e. The quantitative estimate of drug-likeness (QED) is 0.780. The van der Waals surface area contributed by atoms with Crippen molar-refractivity contribution in [2.75, 3.05) is 12.4 Å². The second kappa shape index (κ2) is 6.62. The molecule has 1 atom stereocenters. The van der Waals surface area contributed by atoms with Crippen LogP contribution >= 0.6 is 0 Å². The minimum atomic E-state index is -0.657. The number of fused-ring (bicyclic) bond motifs is 1. The zero-order valence-electron chi connectivity index (χ0n) is 13.1. The Labute approximate surface area is 134 Å². The van der Waals surface area contributed by atoms with E-state index in [9.17, 15) is 4.79 Å². The summed E-state index contributed by atoms with van der Waals surface area (Å²) in [5, 5.41) is 2.87. The summed E-state index contributed by atoms with van der Waals surface area (Å²) in [5.41, 5.74) is 2.92. The number of carbonyl (C=O) groups excluding carboxylic acids is 1. The Kier molecular flexibility index (Phi) is 4.39. The number of oxazole rings is 1. The molecule has 0 saturated heterocycles. The van der Waals surface area contributed by atoms with E-state index in [0.29, 0.717) is 17.2 Å². The molecule has 5 heteroatoms. The largest absolute Gasteiger partial charge is 0.441 e. The molecule has 1 aromatic heterocycles. The number of amides is 1. The average molecular weight is 310 g/mol. The molecule has 1 amide bonds. The Hall–Kier alpha value is -2.66. The average Bonchev–Trinajstić information content (AvgIpc) is 2.99. The van der Waals surface area contributed by atoms with Crippen LogP contribution in [0.4, 0.5) is 5.69 Å². The van der Waals surface area contributed by atoms with E-state index >= 15 is 0 Å². The van der Waals surface area contributed by atoms with Crippen LogP contribution < -0.4 is 5.32 Å². The molecule has 0 saturated carbocycles. The summed E-state index contributed by atoms with van der Waals surface area (Å²) in [4.78, 5) is 16.8. The summed E-state index contributed by atoms with van der Waals surface area (Å²) >= 11 is 0. The van der Waals surface area contributed by atoms with Gasteiger partial charge >= 0.3 is 0 Å². The monoisotopic (exact) mass is 310 g/mol. The van der Waals surface area contributed by atoms with Crippen molar-refractivity contribution in [2.24, 2.45) is 0 Å². The third-order valence-corrected chi connectivity index (χ3v) is 3.58. The maximum absolute atomic E-state index is 12.5. The van der Waals surface area contributed by atoms with E-state index < -0.39 is 6.10 Å². The van der Waals surface area contributed by atoms with Gasteiger partial charge in [-0.2, -0.15) is 0 Å². The predicted molar refractivity (Wildman–Crippen MR) is 88.2 cm³/mol. The van der Waals surface area contributed by atoms with Crippen LogP contribution in [0.3, 0.4) is 0 Å². The van der Waals surface area contributed by atoms with Crippen molar-refractivity contribution in [2.45, 2.75) is 19.4 Å². The molecule has 3 aromatic rings. The Balaban J connectivity index is 1.81. The number of hydrogen-bond donors (Lipinski definition) is 1. The highest BCUT2D eigenvalue weighted by atomic mass is 16.5. The SMILES string of the molecule is CCc1nc2cc(NC(=O)[C@@H](OC)c3ccccc3)ccc2o1. The summed E-state index contributed by atoms with van der Waals surface area (Å²) in [6.07, 6.45) is 0.0752. The van der Waals surface area contributed by atoms with Crippen LogP contribution in [0.15, 0.2) is 52.9 Å². The zero-order chi connectivity index (χ0) is 16.2. The molecule has 1 N–H and O–H groups in total. The van der Waals surface area contributed by atoms with Gasteiger partial charge in [0.2, 0.25) is 0 Å². The fourth-order valence-electron chi connectivity index (χ4n) is 2.43. The first-order valence-electron chi connectivity index (χ1n) is 7.49. The van der Waals surface area contributed by atoms with E-state index in [-0.39, 0.29) is 5.91 Å². The van der Waals surface area contributed by atoms with Crippen LogP contribution in [0, 0.1) is 0 Å². The van der Waals surface area contributed by atoms with E-state index in [1.165, 1.54) is 7.11 Å². The van der Waals surface area contributed by atoms with Crippen molar-refractivity contribution in [1.29, 1.82) is 0 Å². The number of rotatable bonds is 5. The molecule has 0 unspecified atom stereocenters. The fourth-order valence-corrected chi connectivity index (χ4v) is 2.43. The summed E-state index contributed by atoms with van der Waals surface area (Å²) in [6, 6.07) is 14.8.